The van der Waals surface area contributed by atoms with E-state index in [1.165, 1.54) is 5.56 Å². The van der Waals surface area contributed by atoms with Crippen molar-refractivity contribution in [3.63, 3.8) is 0 Å². The number of benzene rings is 2. The van der Waals surface area contributed by atoms with Gasteiger partial charge in [-0.15, -0.1) is 5.10 Å². The number of anilines is 2. The second kappa shape index (κ2) is 6.59. The van der Waals surface area contributed by atoms with E-state index in [9.17, 15) is 0 Å². The number of nitrogens with two attached hydrogens (primary N) is 1. The van der Waals surface area contributed by atoms with Gasteiger partial charge in [0, 0.05) is 0 Å². The lowest BCUT2D eigenvalue weighted by molar-refractivity contribution is 0.352. The molecule has 0 bridgehead atoms. The van der Waals surface area contributed by atoms with Crippen LogP contribution >= 0.6 is 0 Å². The smallest absolute Gasteiger partial charge is 0.241 e. The second-order valence-corrected chi connectivity index (χ2v) is 6.21. The van der Waals surface area contributed by atoms with E-state index < -0.39 is 0 Å². The molecule has 0 aliphatic carbocycles. The van der Waals surface area contributed by atoms with Gasteiger partial charge in [0.25, 0.3) is 0 Å². The Morgan fingerprint density at radius 3 is 2.54 bits per heavy atom. The molecule has 1 aliphatic heterocycles. The summed E-state index contributed by atoms with van der Waals surface area (Å²) in [5, 5.41) is 7.82. The molecule has 1 aliphatic rings. The topological polar surface area (TPSA) is 87.2 Å². The zero-order valence-corrected chi connectivity index (χ0v) is 14.7. The summed E-state index contributed by atoms with van der Waals surface area (Å²) in [6, 6.07) is 16.3. The largest absolute Gasteiger partial charge is 0.493 e. The first-order valence-corrected chi connectivity index (χ1v) is 8.45. The van der Waals surface area contributed by atoms with Gasteiger partial charge in [-0.25, -0.2) is 4.68 Å². The summed E-state index contributed by atoms with van der Waals surface area (Å²) in [4.78, 5) is 4.34. The van der Waals surface area contributed by atoms with E-state index in [1.807, 2.05) is 41.1 Å². The van der Waals surface area contributed by atoms with Crippen molar-refractivity contribution in [2.45, 2.75) is 18.5 Å². The quantitative estimate of drug-likeness (QED) is 0.751. The number of nitrogens with one attached hydrogen (secondary N) is 1. The zero-order chi connectivity index (χ0) is 18.1. The first-order chi connectivity index (χ1) is 12.7. The number of rotatable bonds is 4. The van der Waals surface area contributed by atoms with Crippen LogP contribution in [0.3, 0.4) is 0 Å². The maximum absolute atomic E-state index is 5.86. The number of fused-ring (bicyclic) bond motifs is 1. The normalized spacial score (nSPS) is 18.7. The van der Waals surface area contributed by atoms with Gasteiger partial charge >= 0.3 is 0 Å². The summed E-state index contributed by atoms with van der Waals surface area (Å²) in [7, 11) is 3.26. The summed E-state index contributed by atoms with van der Waals surface area (Å²) < 4.78 is 12.7. The Morgan fingerprint density at radius 2 is 1.81 bits per heavy atom. The highest BCUT2D eigenvalue weighted by molar-refractivity contribution is 5.47. The third-order valence-corrected chi connectivity index (χ3v) is 4.70. The van der Waals surface area contributed by atoms with Gasteiger partial charge < -0.3 is 20.5 Å². The van der Waals surface area contributed by atoms with E-state index in [2.05, 4.69) is 27.5 Å². The molecule has 7 heteroatoms. The number of ether oxygens (including phenoxy) is 2. The van der Waals surface area contributed by atoms with Crippen LogP contribution in [0.25, 0.3) is 0 Å². The molecule has 0 saturated heterocycles. The second-order valence-electron chi connectivity index (χ2n) is 6.21. The molecule has 0 radical (unpaired) electrons. The molecular formula is C19H21N5O2. The van der Waals surface area contributed by atoms with Crippen LogP contribution < -0.4 is 20.5 Å². The van der Waals surface area contributed by atoms with E-state index in [0.29, 0.717) is 17.4 Å². The molecule has 2 atom stereocenters. The van der Waals surface area contributed by atoms with Crippen molar-refractivity contribution in [3.05, 3.63) is 59.7 Å². The van der Waals surface area contributed by atoms with Crippen molar-refractivity contribution < 1.29 is 9.47 Å². The highest BCUT2D eigenvalue weighted by atomic mass is 16.5. The minimum absolute atomic E-state index is 0.0129. The van der Waals surface area contributed by atoms with Gasteiger partial charge in [-0.05, 0) is 29.7 Å². The number of hydrogen-bond acceptors (Lipinski definition) is 6. The van der Waals surface area contributed by atoms with Gasteiger partial charge in [-0.3, -0.25) is 0 Å². The molecule has 0 fully saturated rings. The molecular weight excluding hydrogens is 330 g/mol. The maximum atomic E-state index is 5.86. The first kappa shape index (κ1) is 16.3. The summed E-state index contributed by atoms with van der Waals surface area (Å²) in [6.45, 7) is 0. The van der Waals surface area contributed by atoms with E-state index >= 15 is 0 Å². The van der Waals surface area contributed by atoms with Gasteiger partial charge in [0.15, 0.2) is 11.5 Å². The van der Waals surface area contributed by atoms with Gasteiger partial charge in [0.2, 0.25) is 11.9 Å². The molecule has 0 spiro atoms. The Morgan fingerprint density at radius 1 is 1.04 bits per heavy atom. The predicted octanol–water partition coefficient (Wildman–Crippen LogP) is 3.02. The fraction of sp³-hybridized carbons (Fsp3) is 0.263. The average molecular weight is 351 g/mol. The molecule has 2 aromatic carbocycles. The average Bonchev–Trinajstić information content (AvgIpc) is 3.07. The summed E-state index contributed by atoms with van der Waals surface area (Å²) >= 11 is 0. The van der Waals surface area contributed by atoms with Crippen molar-refractivity contribution in [1.29, 1.82) is 0 Å². The van der Waals surface area contributed by atoms with Crippen LogP contribution in [0.4, 0.5) is 11.9 Å². The van der Waals surface area contributed by atoms with Crippen LogP contribution in [0, 0.1) is 0 Å². The SMILES string of the molecule is COc1ccc([C@@H]2C[C@H](c3ccccc3)Nc3nc(N)nn32)cc1OC. The number of methoxy groups -OCH3 is 2. The van der Waals surface area contributed by atoms with Gasteiger partial charge in [-0.2, -0.15) is 4.98 Å². The zero-order valence-electron chi connectivity index (χ0n) is 14.7. The Bertz CT molecular complexity index is 910. The molecule has 0 unspecified atom stereocenters. The van der Waals surface area contributed by atoms with Crippen LogP contribution in [0.15, 0.2) is 48.5 Å². The highest BCUT2D eigenvalue weighted by Crippen LogP contribution is 2.40. The van der Waals surface area contributed by atoms with E-state index in [1.54, 1.807) is 14.2 Å². The number of nitrogens with zero attached hydrogens (tertiary/aromatic N) is 3. The van der Waals surface area contributed by atoms with Gasteiger partial charge in [-0.1, -0.05) is 36.4 Å². The van der Waals surface area contributed by atoms with Gasteiger partial charge in [0.1, 0.15) is 0 Å². The van der Waals surface area contributed by atoms with E-state index in [4.69, 9.17) is 15.2 Å². The van der Waals surface area contributed by atoms with Crippen molar-refractivity contribution in [3.8, 4) is 11.5 Å². The minimum atomic E-state index is -0.0129. The third kappa shape index (κ3) is 2.81. The van der Waals surface area contributed by atoms with Crippen LogP contribution in [-0.2, 0) is 0 Å². The monoisotopic (exact) mass is 351 g/mol. The lowest BCUT2D eigenvalue weighted by Crippen LogP contribution is -2.28. The molecule has 3 aromatic rings. The minimum Gasteiger partial charge on any atom is -0.493 e. The van der Waals surface area contributed by atoms with Gasteiger partial charge in [0.05, 0.1) is 26.3 Å². The Labute approximate surface area is 151 Å². The Hall–Kier alpha value is -3.22. The van der Waals surface area contributed by atoms with Crippen LogP contribution in [0.2, 0.25) is 0 Å². The molecule has 3 N–H and O–H groups in total. The maximum Gasteiger partial charge on any atom is 0.241 e. The fourth-order valence-corrected chi connectivity index (χ4v) is 3.44. The summed E-state index contributed by atoms with van der Waals surface area (Å²) in [5.74, 6) is 2.31. The first-order valence-electron chi connectivity index (χ1n) is 8.45. The highest BCUT2D eigenvalue weighted by Gasteiger charge is 2.31. The number of nitrogen functional groups attached to an aromatic ring is 1. The summed E-state index contributed by atoms with van der Waals surface area (Å²) in [6.07, 6.45) is 0.815. The molecule has 4 rings (SSSR count). The van der Waals surface area contributed by atoms with Crippen LogP contribution in [-0.4, -0.2) is 29.0 Å². The van der Waals surface area contributed by atoms with E-state index in [-0.39, 0.29) is 18.0 Å². The van der Waals surface area contributed by atoms with Crippen molar-refractivity contribution >= 4 is 11.9 Å². The van der Waals surface area contributed by atoms with Crippen LogP contribution in [0.5, 0.6) is 11.5 Å². The molecule has 7 nitrogen and oxygen atoms in total. The van der Waals surface area contributed by atoms with Crippen molar-refractivity contribution in [2.75, 3.05) is 25.3 Å². The third-order valence-electron chi connectivity index (χ3n) is 4.70. The molecule has 1 aromatic heterocycles. The number of aromatic nitrogens is 3. The molecule has 0 amide bonds. The number of hydrogen-bond donors (Lipinski definition) is 2. The molecule has 2 heterocycles. The summed E-state index contributed by atoms with van der Waals surface area (Å²) in [5.41, 5.74) is 8.12. The van der Waals surface area contributed by atoms with Crippen molar-refractivity contribution in [1.82, 2.24) is 14.8 Å². The van der Waals surface area contributed by atoms with Crippen molar-refractivity contribution in [2.24, 2.45) is 0 Å². The molecule has 0 saturated carbocycles. The predicted molar refractivity (Wildman–Crippen MR) is 99.5 cm³/mol. The van der Waals surface area contributed by atoms with E-state index in [0.717, 1.165) is 12.0 Å². The fourth-order valence-electron chi connectivity index (χ4n) is 3.44. The standard InChI is InChI=1S/C19H21N5O2/c1-25-16-9-8-13(10-17(16)26-2)15-11-14(12-6-4-3-5-7-12)21-19-22-18(20)23-24(15)19/h3-10,14-15H,11H2,1-2H3,(H3,20,21,22,23)/t14-,15+/m1/s1. The Kier molecular flexibility index (Phi) is 4.12. The molecule has 26 heavy (non-hydrogen) atoms. The lowest BCUT2D eigenvalue weighted by Gasteiger charge is -2.32. The lowest BCUT2D eigenvalue weighted by atomic mass is 9.93. The Balaban J connectivity index is 1.76. The molecule has 134 valence electrons. The van der Waals surface area contributed by atoms with Crippen LogP contribution in [0.1, 0.15) is 29.6 Å².